The van der Waals surface area contributed by atoms with E-state index in [0.717, 1.165) is 0 Å². The molecule has 0 saturated carbocycles. The number of nitrogens with two attached hydrogens (primary N) is 2. The zero-order valence-electron chi connectivity index (χ0n) is 23.9. The smallest absolute Gasteiger partial charge is 0.265 e. The Hall–Kier alpha value is -4.46. The van der Waals surface area contributed by atoms with Gasteiger partial charge in [-0.2, -0.15) is 0 Å². The van der Waals surface area contributed by atoms with Crippen molar-refractivity contribution in [3.05, 3.63) is 0 Å². The Morgan fingerprint density at radius 1 is 0.791 bits per heavy atom. The molecule has 1 fully saturated rings. The number of rotatable bonds is 6. The summed E-state index contributed by atoms with van der Waals surface area (Å²) in [6.07, 6.45) is -0.275. The van der Waals surface area contributed by atoms with Crippen LogP contribution in [0, 0.1) is 0 Å². The van der Waals surface area contributed by atoms with Crippen molar-refractivity contribution in [3.63, 3.8) is 0 Å². The summed E-state index contributed by atoms with van der Waals surface area (Å²) in [6, 6.07) is -6.19. The van der Waals surface area contributed by atoms with Crippen molar-refractivity contribution < 1.29 is 43.2 Å². The molecular weight excluding hydrogens is 592 g/mol. The summed E-state index contributed by atoms with van der Waals surface area (Å²) in [5.41, 5.74) is 12.6. The predicted octanol–water partition coefficient (Wildman–Crippen LogP) is -5.45. The molecule has 19 nitrogen and oxygen atoms in total. The van der Waals surface area contributed by atoms with E-state index in [1.165, 1.54) is 20.8 Å². The number of guanidine groups is 1. The van der Waals surface area contributed by atoms with E-state index in [9.17, 15) is 38.4 Å². The molecule has 0 spiro atoms. The zero-order valence-corrected chi connectivity index (χ0v) is 24.7. The van der Waals surface area contributed by atoms with Crippen molar-refractivity contribution in [3.8, 4) is 0 Å². The van der Waals surface area contributed by atoms with Gasteiger partial charge in [0.2, 0.25) is 35.4 Å². The van der Waals surface area contributed by atoms with E-state index in [-0.39, 0.29) is 25.3 Å². The Kier molecular flexibility index (Phi) is 15.4. The summed E-state index contributed by atoms with van der Waals surface area (Å²) in [6.45, 7) is 2.71. The fraction of sp³-hybridized carbons (Fsp3) is 0.609. The monoisotopic (exact) mass is 630 g/mol. The van der Waals surface area contributed by atoms with Gasteiger partial charge in [-0.15, -0.1) is 12.6 Å². The van der Waals surface area contributed by atoms with Gasteiger partial charge in [0.15, 0.2) is 17.7 Å². The molecular formula is C23H38N10O9S. The molecule has 240 valence electrons. The Labute approximate surface area is 252 Å². The molecule has 20 heteroatoms. The van der Waals surface area contributed by atoms with Crippen LogP contribution in [0.4, 0.5) is 0 Å². The average molecular weight is 631 g/mol. The number of nitrogens with zero attached hydrogens (tertiary/aromatic N) is 1. The number of hydroxylamine groups is 1. The zero-order chi connectivity index (χ0) is 32.7. The second-order valence-electron chi connectivity index (χ2n) is 9.45. The first-order valence-corrected chi connectivity index (χ1v) is 13.5. The Morgan fingerprint density at radius 2 is 1.37 bits per heavy atom. The lowest BCUT2D eigenvalue weighted by atomic mass is 10.1. The van der Waals surface area contributed by atoms with Crippen LogP contribution in [0.25, 0.3) is 0 Å². The van der Waals surface area contributed by atoms with Crippen molar-refractivity contribution in [2.75, 3.05) is 19.7 Å². The predicted molar refractivity (Wildman–Crippen MR) is 152 cm³/mol. The topological polar surface area (TPSA) is 294 Å². The van der Waals surface area contributed by atoms with Gasteiger partial charge in [0.05, 0.1) is 6.54 Å². The third-order valence-corrected chi connectivity index (χ3v) is 5.87. The maximum absolute atomic E-state index is 12.9. The number of carbonyl (C=O) groups is 8. The van der Waals surface area contributed by atoms with Crippen LogP contribution < -0.4 is 48.8 Å². The van der Waals surface area contributed by atoms with Gasteiger partial charge in [-0.05, 0) is 33.6 Å². The van der Waals surface area contributed by atoms with E-state index in [1.807, 2.05) is 5.48 Å². The van der Waals surface area contributed by atoms with E-state index in [4.69, 9.17) is 16.3 Å². The molecule has 0 aliphatic carbocycles. The van der Waals surface area contributed by atoms with Gasteiger partial charge in [-0.1, -0.05) is 0 Å². The molecule has 1 saturated heterocycles. The summed E-state index contributed by atoms with van der Waals surface area (Å²) in [5.74, 6) is -5.95. The van der Waals surface area contributed by atoms with Gasteiger partial charge in [-0.3, -0.25) is 48.2 Å². The molecule has 11 N–H and O–H groups in total. The van der Waals surface area contributed by atoms with Gasteiger partial charge in [0, 0.05) is 13.0 Å². The fourth-order valence-corrected chi connectivity index (χ4v) is 3.56. The Balaban J connectivity index is 3.17. The highest BCUT2D eigenvalue weighted by Crippen LogP contribution is 2.02. The summed E-state index contributed by atoms with van der Waals surface area (Å²) in [4.78, 5) is 108. The highest BCUT2D eigenvalue weighted by Gasteiger charge is 2.29. The minimum Gasteiger partial charge on any atom is -0.370 e. The molecule has 7 amide bonds. The van der Waals surface area contributed by atoms with Gasteiger partial charge in [0.25, 0.3) is 5.91 Å². The maximum atomic E-state index is 12.9. The first-order valence-electron chi connectivity index (χ1n) is 13.1. The first-order chi connectivity index (χ1) is 20.1. The van der Waals surface area contributed by atoms with E-state index in [2.05, 4.69) is 49.5 Å². The third-order valence-electron chi connectivity index (χ3n) is 5.68. The van der Waals surface area contributed by atoms with E-state index < -0.39 is 96.2 Å². The number of thiol groups is 1. The molecule has 5 atom stereocenters. The van der Waals surface area contributed by atoms with Gasteiger partial charge >= 0.3 is 0 Å². The molecule has 1 heterocycles. The van der Waals surface area contributed by atoms with E-state index >= 15 is 0 Å². The van der Waals surface area contributed by atoms with Crippen LogP contribution in [0.2, 0.25) is 0 Å². The summed E-state index contributed by atoms with van der Waals surface area (Å²) < 4.78 is 0. The number of aliphatic imine (C=N–C) groups is 1. The Morgan fingerprint density at radius 3 is 2.00 bits per heavy atom. The number of amides is 7. The lowest BCUT2D eigenvalue weighted by molar-refractivity contribution is -0.143. The molecule has 0 aromatic rings. The van der Waals surface area contributed by atoms with Crippen molar-refractivity contribution in [1.29, 1.82) is 0 Å². The fourth-order valence-electron chi connectivity index (χ4n) is 3.38. The second-order valence-corrected chi connectivity index (χ2v) is 9.95. The lowest BCUT2D eigenvalue weighted by Gasteiger charge is -2.23. The van der Waals surface area contributed by atoms with Crippen LogP contribution in [0.1, 0.15) is 40.0 Å². The molecule has 5 unspecified atom stereocenters. The normalized spacial score (nSPS) is 25.6. The van der Waals surface area contributed by atoms with Crippen LogP contribution in [0.5, 0.6) is 0 Å². The van der Waals surface area contributed by atoms with Gasteiger partial charge < -0.3 is 43.4 Å². The van der Waals surface area contributed by atoms with Gasteiger partial charge in [-0.25, -0.2) is 5.48 Å². The standard InChI is InChI=1S/C23H38N10O9S/c1-10-19(38)32-13(5-4-6-26-23(24)25)21(40)27-8-15(34)31-14(7-17(36)43)22(41)30-11(2)18(37)29-12(3)20(39)33-42-9-16(35)28-10/h10-14H,4-9H2,1-3H3,(H,27,40)(H,28,35)(H,29,37)(H,30,41)(H,31,34)(H,32,38)(H,33,39)(H,36,43)(H4,24,25,26). The maximum Gasteiger partial charge on any atom is 0.265 e. The summed E-state index contributed by atoms with van der Waals surface area (Å²) in [7, 11) is 0. The Bertz CT molecular complexity index is 1120. The van der Waals surface area contributed by atoms with Crippen LogP contribution in [-0.4, -0.2) is 102 Å². The quantitative estimate of drug-likeness (QED) is 0.0571. The van der Waals surface area contributed by atoms with Crippen molar-refractivity contribution in [2.24, 2.45) is 16.5 Å². The molecule has 0 radical (unpaired) electrons. The average Bonchev–Trinajstić information content (AvgIpc) is 2.91. The van der Waals surface area contributed by atoms with E-state index in [0.29, 0.717) is 0 Å². The van der Waals surface area contributed by atoms with Crippen molar-refractivity contribution in [1.82, 2.24) is 37.4 Å². The number of hydrogen-bond donors (Lipinski definition) is 10. The molecule has 0 aromatic heterocycles. The minimum atomic E-state index is -1.46. The molecule has 43 heavy (non-hydrogen) atoms. The van der Waals surface area contributed by atoms with E-state index in [1.54, 1.807) is 0 Å². The highest BCUT2D eigenvalue weighted by atomic mass is 32.1. The molecule has 0 aromatic carbocycles. The van der Waals surface area contributed by atoms with Crippen LogP contribution in [0.3, 0.4) is 0 Å². The number of hydrogen-bond acceptors (Lipinski definition) is 10. The van der Waals surface area contributed by atoms with Crippen LogP contribution in [-0.2, 0) is 43.2 Å². The largest absolute Gasteiger partial charge is 0.370 e. The van der Waals surface area contributed by atoms with Gasteiger partial charge in [0.1, 0.15) is 30.2 Å². The first kappa shape index (κ1) is 36.6. The second kappa shape index (κ2) is 18.2. The lowest BCUT2D eigenvalue weighted by Crippen LogP contribution is -2.57. The van der Waals surface area contributed by atoms with Crippen LogP contribution in [0.15, 0.2) is 4.99 Å². The molecule has 1 aliphatic heterocycles. The summed E-state index contributed by atoms with van der Waals surface area (Å²) >= 11 is 3.64. The molecule has 1 aliphatic rings. The van der Waals surface area contributed by atoms with Crippen molar-refractivity contribution in [2.45, 2.75) is 70.2 Å². The summed E-state index contributed by atoms with van der Waals surface area (Å²) in [5, 5.41) is 13.3. The highest BCUT2D eigenvalue weighted by molar-refractivity contribution is 7.96. The third kappa shape index (κ3) is 14.3. The molecule has 0 bridgehead atoms. The molecule has 1 rings (SSSR count). The SMILES string of the molecule is CC1NC(=O)CONC(=O)C(C)NC(=O)C(C)NC(=O)C(CC(=O)S)NC(=O)CNC(=O)C(CCCN=C(N)N)NC1=O. The van der Waals surface area contributed by atoms with Crippen molar-refractivity contribution >= 4 is 65.1 Å². The van der Waals surface area contributed by atoms with Crippen LogP contribution >= 0.6 is 12.6 Å². The minimum absolute atomic E-state index is 0.0309. The number of nitrogens with one attached hydrogen (secondary N) is 7. The number of carbonyl (C=O) groups excluding carboxylic acids is 8.